The second kappa shape index (κ2) is 3.39. The SMILES string of the molecule is c1cncc(N2Cc3ccccc3C2)c1. The molecule has 0 bridgehead atoms. The largest absolute Gasteiger partial charge is 0.362 e. The van der Waals surface area contributed by atoms with Crippen LogP contribution in [0.3, 0.4) is 0 Å². The predicted molar refractivity (Wildman–Crippen MR) is 60.6 cm³/mol. The van der Waals surface area contributed by atoms with Crippen LogP contribution < -0.4 is 4.90 Å². The summed E-state index contributed by atoms with van der Waals surface area (Å²) in [5.74, 6) is 0. The Balaban J connectivity index is 1.91. The first kappa shape index (κ1) is 8.48. The van der Waals surface area contributed by atoms with Crippen molar-refractivity contribution in [3.63, 3.8) is 0 Å². The zero-order valence-electron chi connectivity index (χ0n) is 8.43. The predicted octanol–water partition coefficient (Wildman–Crippen LogP) is 2.60. The van der Waals surface area contributed by atoms with E-state index in [0.717, 1.165) is 13.1 Å². The number of anilines is 1. The first-order valence-electron chi connectivity index (χ1n) is 5.15. The molecule has 1 aromatic carbocycles. The Kier molecular flexibility index (Phi) is 1.91. The number of benzene rings is 1. The number of rotatable bonds is 1. The van der Waals surface area contributed by atoms with Gasteiger partial charge in [-0.2, -0.15) is 0 Å². The Bertz CT molecular complexity index is 440. The third-order valence-electron chi connectivity index (χ3n) is 2.85. The van der Waals surface area contributed by atoms with Gasteiger partial charge in [-0.15, -0.1) is 0 Å². The summed E-state index contributed by atoms with van der Waals surface area (Å²) in [5.41, 5.74) is 4.07. The minimum absolute atomic E-state index is 1.00. The van der Waals surface area contributed by atoms with Gasteiger partial charge in [-0.25, -0.2) is 0 Å². The van der Waals surface area contributed by atoms with Crippen molar-refractivity contribution < 1.29 is 0 Å². The van der Waals surface area contributed by atoms with E-state index in [1.165, 1.54) is 16.8 Å². The molecule has 74 valence electrons. The van der Waals surface area contributed by atoms with Crippen LogP contribution in [0.4, 0.5) is 5.69 Å². The number of nitrogens with zero attached hydrogens (tertiary/aromatic N) is 2. The standard InChI is InChI=1S/C13H12N2/c1-2-5-12-10-15(9-11(12)4-1)13-6-3-7-14-8-13/h1-8H,9-10H2. The van der Waals surface area contributed by atoms with Crippen molar-refractivity contribution in [2.24, 2.45) is 0 Å². The number of fused-ring (bicyclic) bond motifs is 1. The van der Waals surface area contributed by atoms with Gasteiger partial charge in [0, 0.05) is 19.3 Å². The van der Waals surface area contributed by atoms with Crippen molar-refractivity contribution >= 4 is 5.69 Å². The van der Waals surface area contributed by atoms with E-state index in [9.17, 15) is 0 Å². The van der Waals surface area contributed by atoms with E-state index in [0.29, 0.717) is 0 Å². The molecule has 15 heavy (non-hydrogen) atoms. The van der Waals surface area contributed by atoms with Gasteiger partial charge in [0.15, 0.2) is 0 Å². The summed E-state index contributed by atoms with van der Waals surface area (Å²) in [7, 11) is 0. The maximum absolute atomic E-state index is 4.15. The molecule has 0 aliphatic carbocycles. The molecule has 2 heterocycles. The summed E-state index contributed by atoms with van der Waals surface area (Å²) in [6.45, 7) is 2.00. The smallest absolute Gasteiger partial charge is 0.0558 e. The normalized spacial score (nSPS) is 14.0. The molecule has 2 nitrogen and oxygen atoms in total. The summed E-state index contributed by atoms with van der Waals surface area (Å²) in [6.07, 6.45) is 3.73. The topological polar surface area (TPSA) is 16.1 Å². The lowest BCUT2D eigenvalue weighted by Gasteiger charge is -2.16. The van der Waals surface area contributed by atoms with E-state index < -0.39 is 0 Å². The molecule has 0 saturated carbocycles. The van der Waals surface area contributed by atoms with Crippen molar-refractivity contribution in [2.45, 2.75) is 13.1 Å². The van der Waals surface area contributed by atoms with Gasteiger partial charge in [0.1, 0.15) is 0 Å². The number of hydrogen-bond donors (Lipinski definition) is 0. The molecular weight excluding hydrogens is 184 g/mol. The average molecular weight is 196 g/mol. The van der Waals surface area contributed by atoms with E-state index in [1.807, 2.05) is 18.5 Å². The summed E-state index contributed by atoms with van der Waals surface area (Å²) in [5, 5.41) is 0. The van der Waals surface area contributed by atoms with E-state index in [1.54, 1.807) is 0 Å². The van der Waals surface area contributed by atoms with E-state index in [2.05, 4.69) is 40.2 Å². The van der Waals surface area contributed by atoms with Crippen molar-refractivity contribution in [3.8, 4) is 0 Å². The summed E-state index contributed by atoms with van der Waals surface area (Å²) in [6, 6.07) is 12.7. The lowest BCUT2D eigenvalue weighted by atomic mass is 10.1. The molecule has 0 amide bonds. The van der Waals surface area contributed by atoms with Crippen molar-refractivity contribution in [1.29, 1.82) is 0 Å². The number of aromatic nitrogens is 1. The molecule has 2 aromatic rings. The van der Waals surface area contributed by atoms with Gasteiger partial charge in [0.2, 0.25) is 0 Å². The molecule has 0 radical (unpaired) electrons. The maximum atomic E-state index is 4.15. The Morgan fingerprint density at radius 2 is 1.67 bits per heavy atom. The van der Waals surface area contributed by atoms with Crippen LogP contribution in [0.5, 0.6) is 0 Å². The molecule has 0 atom stereocenters. The van der Waals surface area contributed by atoms with Crippen LogP contribution in [0.25, 0.3) is 0 Å². The Morgan fingerprint density at radius 1 is 0.933 bits per heavy atom. The third kappa shape index (κ3) is 1.48. The van der Waals surface area contributed by atoms with Crippen LogP contribution >= 0.6 is 0 Å². The van der Waals surface area contributed by atoms with Crippen LogP contribution in [0.1, 0.15) is 11.1 Å². The van der Waals surface area contributed by atoms with Crippen molar-refractivity contribution in [2.75, 3.05) is 4.90 Å². The van der Waals surface area contributed by atoms with Crippen LogP contribution in [0.15, 0.2) is 48.8 Å². The van der Waals surface area contributed by atoms with Crippen molar-refractivity contribution in [3.05, 3.63) is 59.9 Å². The molecule has 0 spiro atoms. The number of hydrogen-bond acceptors (Lipinski definition) is 2. The lowest BCUT2D eigenvalue weighted by Crippen LogP contribution is -2.14. The fourth-order valence-electron chi connectivity index (χ4n) is 2.06. The molecular formula is C13H12N2. The van der Waals surface area contributed by atoms with Gasteiger partial charge in [0.25, 0.3) is 0 Å². The van der Waals surface area contributed by atoms with Crippen LogP contribution in [0.2, 0.25) is 0 Å². The molecule has 3 rings (SSSR count). The van der Waals surface area contributed by atoms with E-state index >= 15 is 0 Å². The molecule has 0 fully saturated rings. The first-order chi connectivity index (χ1) is 7.43. The van der Waals surface area contributed by atoms with Crippen LogP contribution in [-0.4, -0.2) is 4.98 Å². The minimum atomic E-state index is 1.00. The Hall–Kier alpha value is -1.83. The van der Waals surface area contributed by atoms with Gasteiger partial charge in [-0.05, 0) is 23.3 Å². The highest BCUT2D eigenvalue weighted by Crippen LogP contribution is 2.26. The first-order valence-corrected chi connectivity index (χ1v) is 5.15. The van der Waals surface area contributed by atoms with Crippen LogP contribution in [-0.2, 0) is 13.1 Å². The van der Waals surface area contributed by atoms with Gasteiger partial charge >= 0.3 is 0 Å². The molecule has 0 unspecified atom stereocenters. The zero-order chi connectivity index (χ0) is 10.1. The second-order valence-electron chi connectivity index (χ2n) is 3.84. The van der Waals surface area contributed by atoms with Crippen LogP contribution in [0, 0.1) is 0 Å². The maximum Gasteiger partial charge on any atom is 0.0558 e. The second-order valence-corrected chi connectivity index (χ2v) is 3.84. The molecule has 2 heteroatoms. The quantitative estimate of drug-likeness (QED) is 0.697. The summed E-state index contributed by atoms with van der Waals surface area (Å²) in [4.78, 5) is 6.50. The highest BCUT2D eigenvalue weighted by atomic mass is 15.1. The van der Waals surface area contributed by atoms with Gasteiger partial charge in [-0.1, -0.05) is 24.3 Å². The Morgan fingerprint density at radius 3 is 2.27 bits per heavy atom. The molecule has 0 N–H and O–H groups in total. The zero-order valence-corrected chi connectivity index (χ0v) is 8.43. The van der Waals surface area contributed by atoms with E-state index in [-0.39, 0.29) is 0 Å². The summed E-state index contributed by atoms with van der Waals surface area (Å²) >= 11 is 0. The monoisotopic (exact) mass is 196 g/mol. The molecule has 1 aliphatic rings. The van der Waals surface area contributed by atoms with Gasteiger partial charge in [0.05, 0.1) is 11.9 Å². The highest BCUT2D eigenvalue weighted by Gasteiger charge is 2.17. The van der Waals surface area contributed by atoms with Crippen molar-refractivity contribution in [1.82, 2.24) is 4.98 Å². The Labute approximate surface area is 89.2 Å². The van der Waals surface area contributed by atoms with Gasteiger partial charge < -0.3 is 4.90 Å². The summed E-state index contributed by atoms with van der Waals surface area (Å²) < 4.78 is 0. The minimum Gasteiger partial charge on any atom is -0.362 e. The molecule has 1 aliphatic heterocycles. The average Bonchev–Trinajstić information content (AvgIpc) is 2.74. The fraction of sp³-hybridized carbons (Fsp3) is 0.154. The highest BCUT2D eigenvalue weighted by molar-refractivity contribution is 5.50. The third-order valence-corrected chi connectivity index (χ3v) is 2.85. The molecule has 1 aromatic heterocycles. The van der Waals surface area contributed by atoms with Gasteiger partial charge in [-0.3, -0.25) is 4.98 Å². The van der Waals surface area contributed by atoms with E-state index in [4.69, 9.17) is 0 Å². The molecule has 0 saturated heterocycles. The number of pyridine rings is 1. The fourth-order valence-corrected chi connectivity index (χ4v) is 2.06. The lowest BCUT2D eigenvalue weighted by molar-refractivity contribution is 0.876.